The molecule has 10 heteroatoms. The van der Waals surface area contributed by atoms with Crippen LogP contribution in [-0.2, 0) is 25.0 Å². The van der Waals surface area contributed by atoms with Gasteiger partial charge in [-0.2, -0.15) is 4.98 Å². The van der Waals surface area contributed by atoms with Gasteiger partial charge in [-0.05, 0) is 74.9 Å². The highest BCUT2D eigenvalue weighted by atomic mass is 16.6. The summed E-state index contributed by atoms with van der Waals surface area (Å²) in [5.41, 5.74) is 4.46. The molecule has 3 aromatic carbocycles. The molecule has 0 radical (unpaired) electrons. The average Bonchev–Trinajstić information content (AvgIpc) is 3.34. The van der Waals surface area contributed by atoms with Crippen molar-refractivity contribution in [2.45, 2.75) is 52.4 Å². The third-order valence-corrected chi connectivity index (χ3v) is 8.46. The van der Waals surface area contributed by atoms with Gasteiger partial charge in [0, 0.05) is 38.4 Å². The predicted molar refractivity (Wildman–Crippen MR) is 187 cm³/mol. The maximum Gasteiger partial charge on any atom is 0.407 e. The second kappa shape index (κ2) is 14.3. The molecule has 0 aliphatic carbocycles. The molecule has 0 unspecified atom stereocenters. The number of piperidine rings is 1. The van der Waals surface area contributed by atoms with Crippen molar-refractivity contribution in [1.29, 1.82) is 0 Å². The van der Waals surface area contributed by atoms with Crippen molar-refractivity contribution in [3.05, 3.63) is 113 Å². The zero-order valence-electron chi connectivity index (χ0n) is 28.0. The first-order chi connectivity index (χ1) is 23.1. The number of ether oxygens (including phenoxy) is 3. The highest BCUT2D eigenvalue weighted by Gasteiger charge is 2.24. The molecule has 0 bridgehead atoms. The summed E-state index contributed by atoms with van der Waals surface area (Å²) < 4.78 is 21.0. The minimum absolute atomic E-state index is 0.196. The fraction of sp³-hybridized carbons (Fsp3) is 0.342. The number of aromatic nitrogens is 3. The average molecular weight is 650 g/mol. The van der Waals surface area contributed by atoms with E-state index in [1.807, 2.05) is 93.6 Å². The van der Waals surface area contributed by atoms with Crippen LogP contribution in [0.15, 0.2) is 95.8 Å². The van der Waals surface area contributed by atoms with Crippen molar-refractivity contribution in [3.8, 4) is 17.4 Å². The summed E-state index contributed by atoms with van der Waals surface area (Å²) >= 11 is 0. The summed E-state index contributed by atoms with van der Waals surface area (Å²) in [7, 11) is 1.79. The van der Waals surface area contributed by atoms with Crippen LogP contribution in [-0.4, -0.2) is 45.4 Å². The molecular weight excluding hydrogens is 606 g/mol. The monoisotopic (exact) mass is 649 g/mol. The number of nitrogens with one attached hydrogen (secondary N) is 1. The van der Waals surface area contributed by atoms with E-state index in [0.29, 0.717) is 36.5 Å². The number of amides is 1. The zero-order valence-corrected chi connectivity index (χ0v) is 28.0. The van der Waals surface area contributed by atoms with Crippen LogP contribution in [0.25, 0.3) is 16.7 Å². The number of rotatable bonds is 10. The van der Waals surface area contributed by atoms with Crippen LogP contribution >= 0.6 is 0 Å². The summed E-state index contributed by atoms with van der Waals surface area (Å²) in [6.07, 6.45) is 1.51. The quantitative estimate of drug-likeness (QED) is 0.182. The van der Waals surface area contributed by atoms with Gasteiger partial charge in [-0.15, -0.1) is 0 Å². The Morgan fingerprint density at radius 2 is 1.50 bits per heavy atom. The number of hydrogen-bond donors (Lipinski definition) is 1. The highest BCUT2D eigenvalue weighted by molar-refractivity contribution is 5.82. The Morgan fingerprint density at radius 1 is 0.854 bits per heavy atom. The van der Waals surface area contributed by atoms with Crippen LogP contribution in [0.5, 0.6) is 11.8 Å². The number of alkyl carbamates (subject to hydrolysis) is 1. The number of aryl methyl sites for hydroxylation is 1. The topological polar surface area (TPSA) is 99.9 Å². The Hall–Kier alpha value is -5.25. The number of benzene rings is 3. The minimum atomic E-state index is -0.515. The van der Waals surface area contributed by atoms with Gasteiger partial charge in [0.25, 0.3) is 0 Å². The number of hydrogen-bond acceptors (Lipinski definition) is 7. The molecule has 1 amide bonds. The van der Waals surface area contributed by atoms with Crippen LogP contribution in [0.2, 0.25) is 0 Å². The molecule has 1 fully saturated rings. The molecule has 1 saturated heterocycles. The maximum atomic E-state index is 13.8. The van der Waals surface area contributed by atoms with E-state index in [0.717, 1.165) is 53.8 Å². The van der Waals surface area contributed by atoms with Crippen LogP contribution in [0.3, 0.4) is 0 Å². The van der Waals surface area contributed by atoms with E-state index in [1.165, 1.54) is 0 Å². The standard InChI is InChI=1S/C38H43N5O5/c1-38(2,3)48-36(44)39-24-27-19-21-42(22-20-27)30-15-16-31-33(23-30)41(4)37(45)43(31)32-17-18-34(46-25-28-11-7-5-8-12-28)40-35(32)47-26-29-13-9-6-10-14-29/h5-18,23,27H,19-22,24-26H2,1-4H3,(H,39,44). The van der Waals surface area contributed by atoms with E-state index in [1.54, 1.807) is 22.2 Å². The summed E-state index contributed by atoms with van der Waals surface area (Å²) in [6, 6.07) is 29.5. The predicted octanol–water partition coefficient (Wildman–Crippen LogP) is 6.62. The van der Waals surface area contributed by atoms with Gasteiger partial charge in [0.2, 0.25) is 11.8 Å². The molecule has 1 aliphatic rings. The molecule has 2 aromatic heterocycles. The smallest absolute Gasteiger partial charge is 0.407 e. The molecule has 1 N–H and O–H groups in total. The number of carbonyl (C=O) groups excluding carboxylic acids is 1. The summed E-state index contributed by atoms with van der Waals surface area (Å²) in [5.74, 6) is 1.10. The van der Waals surface area contributed by atoms with E-state index in [2.05, 4.69) is 22.3 Å². The number of fused-ring (bicyclic) bond motifs is 1. The SMILES string of the molecule is Cn1c(=O)n(-c2ccc(OCc3ccccc3)nc2OCc2ccccc2)c2ccc(N3CCC(CNC(=O)OC(C)(C)C)CC3)cc21. The first-order valence-corrected chi connectivity index (χ1v) is 16.4. The third-order valence-electron chi connectivity index (χ3n) is 8.46. The molecule has 0 saturated carbocycles. The van der Waals surface area contributed by atoms with Gasteiger partial charge in [-0.1, -0.05) is 60.7 Å². The summed E-state index contributed by atoms with van der Waals surface area (Å²) in [4.78, 5) is 33.0. The lowest BCUT2D eigenvalue weighted by atomic mass is 9.96. The van der Waals surface area contributed by atoms with Crippen molar-refractivity contribution in [2.75, 3.05) is 24.5 Å². The molecule has 0 spiro atoms. The summed E-state index contributed by atoms with van der Waals surface area (Å²) in [5, 5.41) is 2.92. The molecule has 48 heavy (non-hydrogen) atoms. The zero-order chi connectivity index (χ0) is 33.7. The van der Waals surface area contributed by atoms with Crippen molar-refractivity contribution < 1.29 is 19.0 Å². The number of pyridine rings is 1. The van der Waals surface area contributed by atoms with E-state index in [4.69, 9.17) is 19.2 Å². The Balaban J connectivity index is 1.22. The second-order valence-corrected chi connectivity index (χ2v) is 13.2. The molecule has 1 aliphatic heterocycles. The van der Waals surface area contributed by atoms with Crippen molar-refractivity contribution in [1.82, 2.24) is 19.4 Å². The highest BCUT2D eigenvalue weighted by Crippen LogP contribution is 2.31. The number of carbonyl (C=O) groups is 1. The molecule has 5 aromatic rings. The fourth-order valence-corrected chi connectivity index (χ4v) is 5.92. The molecule has 250 valence electrons. The minimum Gasteiger partial charge on any atom is -0.473 e. The Labute approximate surface area is 280 Å². The lowest BCUT2D eigenvalue weighted by Crippen LogP contribution is -2.40. The molecule has 0 atom stereocenters. The van der Waals surface area contributed by atoms with Gasteiger partial charge in [0.05, 0.1) is 11.0 Å². The normalized spacial score (nSPS) is 13.8. The fourth-order valence-electron chi connectivity index (χ4n) is 5.92. The number of nitrogens with zero attached hydrogens (tertiary/aromatic N) is 4. The Morgan fingerprint density at radius 3 is 2.15 bits per heavy atom. The number of imidazole rings is 1. The van der Waals surface area contributed by atoms with Crippen LogP contribution in [0.4, 0.5) is 10.5 Å². The Kier molecular flexibility index (Phi) is 9.70. The van der Waals surface area contributed by atoms with Crippen molar-refractivity contribution >= 4 is 22.8 Å². The van der Waals surface area contributed by atoms with Gasteiger partial charge < -0.3 is 24.4 Å². The third kappa shape index (κ3) is 7.82. The molecule has 10 nitrogen and oxygen atoms in total. The first kappa shape index (κ1) is 32.7. The Bertz CT molecular complexity index is 1910. The molecular formula is C38H43N5O5. The maximum absolute atomic E-state index is 13.8. The lowest BCUT2D eigenvalue weighted by Gasteiger charge is -2.34. The lowest BCUT2D eigenvalue weighted by molar-refractivity contribution is 0.0516. The summed E-state index contributed by atoms with van der Waals surface area (Å²) in [6.45, 7) is 8.54. The van der Waals surface area contributed by atoms with Crippen molar-refractivity contribution in [2.24, 2.45) is 13.0 Å². The van der Waals surface area contributed by atoms with Crippen LogP contribution in [0.1, 0.15) is 44.7 Å². The van der Waals surface area contributed by atoms with E-state index in [9.17, 15) is 9.59 Å². The first-order valence-electron chi connectivity index (χ1n) is 16.4. The van der Waals surface area contributed by atoms with Gasteiger partial charge >= 0.3 is 11.8 Å². The van der Waals surface area contributed by atoms with E-state index < -0.39 is 5.60 Å². The van der Waals surface area contributed by atoms with E-state index >= 15 is 0 Å². The van der Waals surface area contributed by atoms with E-state index in [-0.39, 0.29) is 18.4 Å². The molecule has 6 rings (SSSR count). The van der Waals surface area contributed by atoms with Crippen LogP contribution in [0, 0.1) is 5.92 Å². The second-order valence-electron chi connectivity index (χ2n) is 13.2. The molecule has 3 heterocycles. The van der Waals surface area contributed by atoms with Crippen LogP contribution < -0.4 is 25.4 Å². The van der Waals surface area contributed by atoms with Gasteiger partial charge in [-0.25, -0.2) is 9.59 Å². The van der Waals surface area contributed by atoms with Gasteiger partial charge in [0.15, 0.2) is 0 Å². The van der Waals surface area contributed by atoms with Crippen molar-refractivity contribution in [3.63, 3.8) is 0 Å². The van der Waals surface area contributed by atoms with Gasteiger partial charge in [-0.3, -0.25) is 9.13 Å². The largest absolute Gasteiger partial charge is 0.473 e. The number of anilines is 1. The van der Waals surface area contributed by atoms with Gasteiger partial charge in [0.1, 0.15) is 24.5 Å².